The standard InChI is InChI=1S/C25H35N5O4/c1-3-17(2)22(25(33)27-16-19-11-7-8-13-26-19)30-23(31)20(15-18-9-5-4-6-10-18)29-24(32)21-12-14-28-34-21/h7-8,11-14,17-18,20,22H,3-6,9-10,15-16H2,1-2H3,(H,27,33)(H,29,32)(H,30,31)/t17-,20-,22-/m0/s1. The molecule has 3 amide bonds. The van der Waals surface area contributed by atoms with Crippen LogP contribution in [0.4, 0.5) is 0 Å². The van der Waals surface area contributed by atoms with Crippen molar-refractivity contribution in [3.8, 4) is 0 Å². The van der Waals surface area contributed by atoms with Gasteiger partial charge in [0.2, 0.25) is 17.6 Å². The topological polar surface area (TPSA) is 126 Å². The van der Waals surface area contributed by atoms with E-state index < -0.39 is 18.0 Å². The number of nitrogens with zero attached hydrogens (tertiary/aromatic N) is 2. The molecule has 0 radical (unpaired) electrons. The lowest BCUT2D eigenvalue weighted by Crippen LogP contribution is -2.56. The summed E-state index contributed by atoms with van der Waals surface area (Å²) in [6.07, 6.45) is 9.79. The molecule has 0 aromatic carbocycles. The van der Waals surface area contributed by atoms with Crippen LogP contribution in [-0.2, 0) is 16.1 Å². The first-order chi connectivity index (χ1) is 16.5. The van der Waals surface area contributed by atoms with Crippen molar-refractivity contribution in [2.45, 2.75) is 77.4 Å². The molecule has 0 saturated heterocycles. The fourth-order valence-corrected chi connectivity index (χ4v) is 4.30. The van der Waals surface area contributed by atoms with Crippen LogP contribution in [0.3, 0.4) is 0 Å². The Kier molecular flexibility index (Phi) is 9.61. The summed E-state index contributed by atoms with van der Waals surface area (Å²) < 4.78 is 4.95. The highest BCUT2D eigenvalue weighted by Gasteiger charge is 2.32. The van der Waals surface area contributed by atoms with Crippen LogP contribution in [0.5, 0.6) is 0 Å². The van der Waals surface area contributed by atoms with E-state index in [-0.39, 0.29) is 30.0 Å². The summed E-state index contributed by atoms with van der Waals surface area (Å²) in [6.45, 7) is 4.17. The number of hydrogen-bond donors (Lipinski definition) is 3. The molecule has 2 aromatic heterocycles. The SMILES string of the molecule is CC[C@H](C)[C@H](NC(=O)[C@H](CC1CCCCC1)NC(=O)c1ccno1)C(=O)NCc1ccccn1. The van der Waals surface area contributed by atoms with Gasteiger partial charge in [0.05, 0.1) is 18.4 Å². The van der Waals surface area contributed by atoms with E-state index in [0.29, 0.717) is 18.8 Å². The lowest BCUT2D eigenvalue weighted by atomic mass is 9.84. The Morgan fingerprint density at radius 3 is 2.50 bits per heavy atom. The van der Waals surface area contributed by atoms with Crippen molar-refractivity contribution >= 4 is 17.7 Å². The highest BCUT2D eigenvalue weighted by molar-refractivity contribution is 5.96. The van der Waals surface area contributed by atoms with Gasteiger partial charge in [0, 0.05) is 12.3 Å². The summed E-state index contributed by atoms with van der Waals surface area (Å²) in [5.74, 6) is -0.822. The maximum Gasteiger partial charge on any atom is 0.290 e. The molecule has 3 atom stereocenters. The van der Waals surface area contributed by atoms with Crippen LogP contribution in [0, 0.1) is 11.8 Å². The molecule has 1 aliphatic rings. The minimum atomic E-state index is -0.768. The van der Waals surface area contributed by atoms with Crippen LogP contribution in [0.15, 0.2) is 41.2 Å². The van der Waals surface area contributed by atoms with Gasteiger partial charge in [-0.1, -0.05) is 63.6 Å². The molecular weight excluding hydrogens is 434 g/mol. The van der Waals surface area contributed by atoms with Crippen molar-refractivity contribution in [2.24, 2.45) is 11.8 Å². The van der Waals surface area contributed by atoms with Crippen molar-refractivity contribution in [3.63, 3.8) is 0 Å². The first-order valence-electron chi connectivity index (χ1n) is 12.2. The summed E-state index contributed by atoms with van der Waals surface area (Å²) in [4.78, 5) is 43.2. The van der Waals surface area contributed by atoms with E-state index in [9.17, 15) is 14.4 Å². The number of nitrogens with one attached hydrogen (secondary N) is 3. The van der Waals surface area contributed by atoms with Gasteiger partial charge >= 0.3 is 0 Å². The van der Waals surface area contributed by atoms with E-state index >= 15 is 0 Å². The second-order valence-corrected chi connectivity index (χ2v) is 9.05. The van der Waals surface area contributed by atoms with E-state index in [1.165, 1.54) is 18.7 Å². The van der Waals surface area contributed by atoms with Crippen molar-refractivity contribution in [2.75, 3.05) is 0 Å². The molecule has 3 N–H and O–H groups in total. The van der Waals surface area contributed by atoms with E-state index in [1.807, 2.05) is 32.0 Å². The second-order valence-electron chi connectivity index (χ2n) is 9.05. The zero-order chi connectivity index (χ0) is 24.3. The summed E-state index contributed by atoms with van der Waals surface area (Å²) >= 11 is 0. The van der Waals surface area contributed by atoms with Gasteiger partial charge < -0.3 is 20.5 Å². The van der Waals surface area contributed by atoms with Gasteiger partial charge in [0.15, 0.2) is 0 Å². The van der Waals surface area contributed by atoms with E-state index in [2.05, 4.69) is 26.1 Å². The largest absolute Gasteiger partial charge is 0.351 e. The maximum absolute atomic E-state index is 13.4. The van der Waals surface area contributed by atoms with Gasteiger partial charge in [-0.15, -0.1) is 0 Å². The van der Waals surface area contributed by atoms with E-state index in [4.69, 9.17) is 4.52 Å². The Bertz CT molecular complexity index is 913. The summed E-state index contributed by atoms with van der Waals surface area (Å²) in [5, 5.41) is 12.2. The van der Waals surface area contributed by atoms with Gasteiger partial charge in [0.1, 0.15) is 12.1 Å². The van der Waals surface area contributed by atoms with Gasteiger partial charge in [-0.3, -0.25) is 19.4 Å². The molecule has 34 heavy (non-hydrogen) atoms. The smallest absolute Gasteiger partial charge is 0.290 e. The third-order valence-corrected chi connectivity index (χ3v) is 6.54. The normalized spacial score (nSPS) is 16.8. The zero-order valence-corrected chi connectivity index (χ0v) is 20.0. The van der Waals surface area contributed by atoms with Crippen molar-refractivity contribution in [1.82, 2.24) is 26.1 Å². The van der Waals surface area contributed by atoms with Gasteiger partial charge in [0.25, 0.3) is 5.91 Å². The lowest BCUT2D eigenvalue weighted by Gasteiger charge is -2.29. The minimum absolute atomic E-state index is 0.0491. The molecule has 1 aliphatic carbocycles. The third kappa shape index (κ3) is 7.40. The summed E-state index contributed by atoms with van der Waals surface area (Å²) in [5.41, 5.74) is 0.736. The number of rotatable bonds is 11. The van der Waals surface area contributed by atoms with E-state index in [1.54, 1.807) is 6.20 Å². The van der Waals surface area contributed by atoms with Crippen LogP contribution >= 0.6 is 0 Å². The zero-order valence-electron chi connectivity index (χ0n) is 20.0. The maximum atomic E-state index is 13.4. The van der Waals surface area contributed by atoms with Crippen LogP contribution in [0.1, 0.15) is 75.0 Å². The lowest BCUT2D eigenvalue weighted by molar-refractivity contribution is -0.131. The van der Waals surface area contributed by atoms with Gasteiger partial charge in [-0.05, 0) is 30.4 Å². The van der Waals surface area contributed by atoms with Crippen LogP contribution in [-0.4, -0.2) is 39.9 Å². The number of carbonyl (C=O) groups is 3. The van der Waals surface area contributed by atoms with Crippen molar-refractivity contribution in [3.05, 3.63) is 48.1 Å². The average Bonchev–Trinajstić information content (AvgIpc) is 3.41. The summed E-state index contributed by atoms with van der Waals surface area (Å²) in [7, 11) is 0. The molecule has 0 aliphatic heterocycles. The molecule has 9 heteroatoms. The van der Waals surface area contributed by atoms with E-state index in [0.717, 1.165) is 31.4 Å². The molecule has 1 fully saturated rings. The van der Waals surface area contributed by atoms with Gasteiger partial charge in [-0.2, -0.15) is 0 Å². The van der Waals surface area contributed by atoms with Crippen LogP contribution < -0.4 is 16.0 Å². The monoisotopic (exact) mass is 469 g/mol. The molecule has 2 heterocycles. The predicted octanol–water partition coefficient (Wildman–Crippen LogP) is 2.99. The number of pyridine rings is 1. The van der Waals surface area contributed by atoms with Crippen LogP contribution in [0.2, 0.25) is 0 Å². The number of amides is 3. The Morgan fingerprint density at radius 1 is 1.06 bits per heavy atom. The first-order valence-corrected chi connectivity index (χ1v) is 12.2. The molecule has 3 rings (SSSR count). The first kappa shape index (κ1) is 25.4. The number of hydrogen-bond acceptors (Lipinski definition) is 6. The van der Waals surface area contributed by atoms with Gasteiger partial charge in [-0.25, -0.2) is 0 Å². The molecule has 0 spiro atoms. The fourth-order valence-electron chi connectivity index (χ4n) is 4.30. The molecule has 9 nitrogen and oxygen atoms in total. The van der Waals surface area contributed by atoms with Crippen molar-refractivity contribution < 1.29 is 18.9 Å². The second kappa shape index (κ2) is 12.9. The third-order valence-electron chi connectivity index (χ3n) is 6.54. The van der Waals surface area contributed by atoms with Crippen molar-refractivity contribution in [1.29, 1.82) is 0 Å². The molecule has 0 unspecified atom stereocenters. The highest BCUT2D eigenvalue weighted by atomic mass is 16.5. The molecular formula is C25H35N5O4. The Balaban J connectivity index is 1.69. The Hall–Kier alpha value is -3.23. The quantitative estimate of drug-likeness (QED) is 0.464. The number of aromatic nitrogens is 2. The Morgan fingerprint density at radius 2 is 1.85 bits per heavy atom. The molecule has 1 saturated carbocycles. The molecule has 0 bridgehead atoms. The average molecular weight is 470 g/mol. The summed E-state index contributed by atoms with van der Waals surface area (Å²) in [6, 6.07) is 5.46. The highest BCUT2D eigenvalue weighted by Crippen LogP contribution is 2.27. The number of carbonyl (C=O) groups excluding carboxylic acids is 3. The molecule has 2 aromatic rings. The fraction of sp³-hybridized carbons (Fsp3) is 0.560. The van der Waals surface area contributed by atoms with Crippen LogP contribution in [0.25, 0.3) is 0 Å². The Labute approximate surface area is 200 Å². The predicted molar refractivity (Wildman–Crippen MR) is 126 cm³/mol. The minimum Gasteiger partial charge on any atom is -0.351 e. The molecule has 184 valence electrons.